The zero-order valence-corrected chi connectivity index (χ0v) is 13.2. The van der Waals surface area contributed by atoms with Gasteiger partial charge in [0.1, 0.15) is 10.7 Å². The number of rotatable bonds is 3. The molecule has 3 aromatic rings. The normalized spacial score (nSPS) is 10.7. The molecule has 0 fully saturated rings. The first-order valence-electron chi connectivity index (χ1n) is 6.62. The molecule has 0 saturated heterocycles. The third-order valence-corrected chi connectivity index (χ3v) is 4.12. The van der Waals surface area contributed by atoms with Gasteiger partial charge in [-0.25, -0.2) is 19.9 Å². The predicted molar refractivity (Wildman–Crippen MR) is 83.4 cm³/mol. The summed E-state index contributed by atoms with van der Waals surface area (Å²) < 4.78 is 1.77. The minimum Gasteiger partial charge on any atom is -0.319 e. The summed E-state index contributed by atoms with van der Waals surface area (Å²) in [6.07, 6.45) is 6.61. The molecule has 0 spiro atoms. The van der Waals surface area contributed by atoms with E-state index in [1.807, 2.05) is 20.8 Å². The van der Waals surface area contributed by atoms with Gasteiger partial charge in [0.15, 0.2) is 0 Å². The Morgan fingerprint density at radius 3 is 2.45 bits per heavy atom. The van der Waals surface area contributed by atoms with E-state index < -0.39 is 0 Å². The van der Waals surface area contributed by atoms with Crippen molar-refractivity contribution < 1.29 is 4.79 Å². The van der Waals surface area contributed by atoms with Gasteiger partial charge in [0.25, 0.3) is 5.91 Å². The molecule has 0 unspecified atom stereocenters. The molecule has 8 heteroatoms. The highest BCUT2D eigenvalue weighted by molar-refractivity contribution is 7.13. The van der Waals surface area contributed by atoms with E-state index in [-0.39, 0.29) is 5.91 Å². The van der Waals surface area contributed by atoms with Crippen LogP contribution in [0.1, 0.15) is 26.2 Å². The van der Waals surface area contributed by atoms with Crippen molar-refractivity contribution in [3.8, 4) is 5.95 Å². The summed E-state index contributed by atoms with van der Waals surface area (Å²) in [5.41, 5.74) is 1.27. The van der Waals surface area contributed by atoms with Crippen LogP contribution in [0.15, 0.2) is 24.8 Å². The van der Waals surface area contributed by atoms with Gasteiger partial charge in [0.2, 0.25) is 5.95 Å². The molecule has 1 N–H and O–H groups in total. The second-order valence-electron chi connectivity index (χ2n) is 4.72. The fourth-order valence-corrected chi connectivity index (χ4v) is 2.84. The third-order valence-electron chi connectivity index (χ3n) is 3.05. The van der Waals surface area contributed by atoms with Crippen molar-refractivity contribution in [1.82, 2.24) is 24.5 Å². The minimum atomic E-state index is -0.196. The molecule has 3 aromatic heterocycles. The van der Waals surface area contributed by atoms with Crippen LogP contribution in [-0.4, -0.2) is 30.4 Å². The van der Waals surface area contributed by atoms with Crippen LogP contribution < -0.4 is 5.32 Å². The second-order valence-corrected chi connectivity index (χ2v) is 5.92. The number of amides is 1. The number of thiazole rings is 1. The van der Waals surface area contributed by atoms with Crippen molar-refractivity contribution in [2.24, 2.45) is 0 Å². The maximum atomic E-state index is 12.2. The Labute approximate surface area is 131 Å². The number of nitrogens with one attached hydrogen (secondary N) is 1. The van der Waals surface area contributed by atoms with Crippen molar-refractivity contribution in [1.29, 1.82) is 0 Å². The number of aryl methyl sites for hydroxylation is 3. The molecule has 3 heterocycles. The van der Waals surface area contributed by atoms with Gasteiger partial charge in [-0.2, -0.15) is 0 Å². The number of carbonyl (C=O) groups is 1. The highest BCUT2D eigenvalue weighted by Crippen LogP contribution is 2.18. The largest absolute Gasteiger partial charge is 0.319 e. The molecule has 22 heavy (non-hydrogen) atoms. The van der Waals surface area contributed by atoms with Crippen LogP contribution in [0.3, 0.4) is 0 Å². The zero-order valence-electron chi connectivity index (χ0n) is 12.4. The van der Waals surface area contributed by atoms with Gasteiger partial charge < -0.3 is 5.32 Å². The third kappa shape index (κ3) is 2.73. The summed E-state index contributed by atoms with van der Waals surface area (Å²) in [4.78, 5) is 29.7. The molecule has 0 aliphatic rings. The summed E-state index contributed by atoms with van der Waals surface area (Å²) in [5, 5.41) is 3.65. The molecule has 3 rings (SSSR count). The van der Waals surface area contributed by atoms with E-state index in [1.165, 1.54) is 11.3 Å². The van der Waals surface area contributed by atoms with Gasteiger partial charge in [0, 0.05) is 12.4 Å². The molecule has 0 aromatic carbocycles. The van der Waals surface area contributed by atoms with Crippen molar-refractivity contribution in [3.63, 3.8) is 0 Å². The van der Waals surface area contributed by atoms with Crippen LogP contribution in [0.2, 0.25) is 0 Å². The predicted octanol–water partition coefficient (Wildman–Crippen LogP) is 2.30. The summed E-state index contributed by atoms with van der Waals surface area (Å²) in [6, 6.07) is 0. The Hall–Kier alpha value is -2.61. The van der Waals surface area contributed by atoms with E-state index in [4.69, 9.17) is 0 Å². The first kappa shape index (κ1) is 14.3. The average Bonchev–Trinajstić information content (AvgIpc) is 3.05. The van der Waals surface area contributed by atoms with Crippen molar-refractivity contribution in [3.05, 3.63) is 46.2 Å². The fraction of sp³-hybridized carbons (Fsp3) is 0.214. The van der Waals surface area contributed by atoms with E-state index in [9.17, 15) is 4.79 Å². The van der Waals surface area contributed by atoms with Crippen LogP contribution in [0.25, 0.3) is 5.95 Å². The molecular formula is C14H14N6OS. The van der Waals surface area contributed by atoms with Gasteiger partial charge in [-0.3, -0.25) is 9.36 Å². The van der Waals surface area contributed by atoms with Gasteiger partial charge >= 0.3 is 0 Å². The Kier molecular flexibility index (Phi) is 3.68. The molecule has 7 nitrogen and oxygen atoms in total. The molecular weight excluding hydrogens is 300 g/mol. The molecule has 0 aliphatic carbocycles. The average molecular weight is 314 g/mol. The molecule has 0 aliphatic heterocycles. The van der Waals surface area contributed by atoms with Crippen molar-refractivity contribution in [2.75, 3.05) is 5.32 Å². The number of imidazole rings is 1. The van der Waals surface area contributed by atoms with Crippen LogP contribution in [-0.2, 0) is 0 Å². The Morgan fingerprint density at radius 1 is 1.18 bits per heavy atom. The van der Waals surface area contributed by atoms with Crippen molar-refractivity contribution >= 4 is 22.9 Å². The Balaban J connectivity index is 1.78. The standard InChI is InChI=1S/C14H14N6OS/c1-8-12(22-10(3)18-8)13(21)19-11-6-16-14(17-7-11)20-5-4-15-9(20)2/h4-7H,1-3H3,(H,19,21). The van der Waals surface area contributed by atoms with Crippen LogP contribution in [0, 0.1) is 20.8 Å². The summed E-state index contributed by atoms with van der Waals surface area (Å²) >= 11 is 1.37. The second kappa shape index (κ2) is 5.64. The van der Waals surface area contributed by atoms with Gasteiger partial charge in [-0.1, -0.05) is 0 Å². The highest BCUT2D eigenvalue weighted by atomic mass is 32.1. The number of nitrogens with zero attached hydrogens (tertiary/aromatic N) is 5. The first-order chi connectivity index (χ1) is 10.5. The topological polar surface area (TPSA) is 85.6 Å². The number of hydrogen-bond acceptors (Lipinski definition) is 6. The monoisotopic (exact) mass is 314 g/mol. The van der Waals surface area contributed by atoms with Crippen LogP contribution in [0.4, 0.5) is 5.69 Å². The molecule has 0 radical (unpaired) electrons. The first-order valence-corrected chi connectivity index (χ1v) is 7.44. The molecule has 0 atom stereocenters. The SMILES string of the molecule is Cc1nc(C)c(C(=O)Nc2cnc(-n3ccnc3C)nc2)s1. The maximum Gasteiger partial charge on any atom is 0.267 e. The highest BCUT2D eigenvalue weighted by Gasteiger charge is 2.14. The fourth-order valence-electron chi connectivity index (χ4n) is 2.03. The summed E-state index contributed by atoms with van der Waals surface area (Å²) in [6.45, 7) is 5.56. The lowest BCUT2D eigenvalue weighted by Crippen LogP contribution is -2.12. The Bertz CT molecular complexity index is 820. The molecule has 112 valence electrons. The summed E-state index contributed by atoms with van der Waals surface area (Å²) in [7, 11) is 0. The maximum absolute atomic E-state index is 12.2. The van der Waals surface area contributed by atoms with E-state index in [0.29, 0.717) is 16.5 Å². The smallest absolute Gasteiger partial charge is 0.267 e. The zero-order chi connectivity index (χ0) is 15.7. The lowest BCUT2D eigenvalue weighted by molar-refractivity contribution is 0.102. The van der Waals surface area contributed by atoms with E-state index >= 15 is 0 Å². The van der Waals surface area contributed by atoms with Crippen molar-refractivity contribution in [2.45, 2.75) is 20.8 Å². The van der Waals surface area contributed by atoms with E-state index in [0.717, 1.165) is 16.5 Å². The van der Waals surface area contributed by atoms with E-state index in [1.54, 1.807) is 29.4 Å². The van der Waals surface area contributed by atoms with E-state index in [2.05, 4.69) is 25.3 Å². The lowest BCUT2D eigenvalue weighted by atomic mass is 10.3. The molecule has 0 saturated carbocycles. The van der Waals surface area contributed by atoms with Crippen LogP contribution in [0.5, 0.6) is 0 Å². The van der Waals surface area contributed by atoms with Gasteiger partial charge in [0.05, 0.1) is 28.8 Å². The minimum absolute atomic E-state index is 0.196. The quantitative estimate of drug-likeness (QED) is 0.801. The number of hydrogen-bond donors (Lipinski definition) is 1. The van der Waals surface area contributed by atoms with Gasteiger partial charge in [-0.05, 0) is 20.8 Å². The van der Waals surface area contributed by atoms with Gasteiger partial charge in [-0.15, -0.1) is 11.3 Å². The molecule has 1 amide bonds. The number of aromatic nitrogens is 5. The molecule has 0 bridgehead atoms. The summed E-state index contributed by atoms with van der Waals surface area (Å²) in [5.74, 6) is 1.11. The number of anilines is 1. The Morgan fingerprint density at radius 2 is 1.91 bits per heavy atom. The number of carbonyl (C=O) groups excluding carboxylic acids is 1. The van der Waals surface area contributed by atoms with Crippen LogP contribution >= 0.6 is 11.3 Å². The lowest BCUT2D eigenvalue weighted by Gasteiger charge is -2.05.